The Morgan fingerprint density at radius 3 is 2.33 bits per heavy atom. The summed E-state index contributed by atoms with van der Waals surface area (Å²) in [4.78, 5) is 0. The summed E-state index contributed by atoms with van der Waals surface area (Å²) in [6.07, 6.45) is -0.703. The van der Waals surface area contributed by atoms with Gasteiger partial charge in [-0.2, -0.15) is 0 Å². The average Bonchev–Trinajstić information content (AvgIpc) is 2.37. The third kappa shape index (κ3) is 3.05. The maximum Gasteiger partial charge on any atom is 0.118 e. The van der Waals surface area contributed by atoms with Crippen molar-refractivity contribution in [2.45, 2.75) is 6.10 Å². The Labute approximate surface area is 119 Å². The first kappa shape index (κ1) is 13.4. The van der Waals surface area contributed by atoms with E-state index >= 15 is 0 Å². The van der Waals surface area contributed by atoms with Crippen LogP contribution < -0.4 is 4.74 Å². The SMILES string of the molecule is COc1ccc(C(O)c2cc(Cl)cc(Br)c2)cc1. The quantitative estimate of drug-likeness (QED) is 0.916. The molecular weight excluding hydrogens is 316 g/mol. The van der Waals surface area contributed by atoms with E-state index < -0.39 is 6.10 Å². The van der Waals surface area contributed by atoms with Crippen molar-refractivity contribution in [1.82, 2.24) is 0 Å². The maximum absolute atomic E-state index is 10.3. The number of hydrogen-bond donors (Lipinski definition) is 1. The Hall–Kier alpha value is -1.03. The van der Waals surface area contributed by atoms with E-state index in [1.54, 1.807) is 19.2 Å². The second-order valence-electron chi connectivity index (χ2n) is 3.88. The molecule has 1 atom stereocenters. The topological polar surface area (TPSA) is 29.5 Å². The number of halogens is 2. The van der Waals surface area contributed by atoms with E-state index in [-0.39, 0.29) is 0 Å². The molecular formula is C14H12BrClO2. The lowest BCUT2D eigenvalue weighted by molar-refractivity contribution is 0.220. The van der Waals surface area contributed by atoms with E-state index in [0.717, 1.165) is 21.3 Å². The van der Waals surface area contributed by atoms with E-state index in [1.807, 2.05) is 30.3 Å². The molecule has 0 aromatic heterocycles. The zero-order chi connectivity index (χ0) is 13.1. The van der Waals surface area contributed by atoms with E-state index in [4.69, 9.17) is 16.3 Å². The first-order chi connectivity index (χ1) is 8.60. The fourth-order valence-electron chi connectivity index (χ4n) is 1.71. The molecule has 0 spiro atoms. The Kier molecular flexibility index (Phi) is 4.27. The van der Waals surface area contributed by atoms with E-state index in [9.17, 15) is 5.11 Å². The molecule has 0 saturated carbocycles. The summed E-state index contributed by atoms with van der Waals surface area (Å²) >= 11 is 9.33. The molecule has 0 aliphatic rings. The standard InChI is InChI=1S/C14H12BrClO2/c1-18-13-4-2-9(3-5-13)14(17)10-6-11(15)8-12(16)7-10/h2-8,14,17H,1H3. The molecule has 1 unspecified atom stereocenters. The highest BCUT2D eigenvalue weighted by molar-refractivity contribution is 9.10. The summed E-state index contributed by atoms with van der Waals surface area (Å²) in [6, 6.07) is 12.7. The van der Waals surface area contributed by atoms with Crippen molar-refractivity contribution >= 4 is 27.5 Å². The molecule has 18 heavy (non-hydrogen) atoms. The number of aliphatic hydroxyl groups excluding tert-OH is 1. The molecule has 0 aliphatic heterocycles. The molecule has 0 bridgehead atoms. The Morgan fingerprint density at radius 1 is 1.11 bits per heavy atom. The molecule has 2 rings (SSSR count). The fourth-order valence-corrected chi connectivity index (χ4v) is 2.60. The van der Waals surface area contributed by atoms with Gasteiger partial charge in [0.15, 0.2) is 0 Å². The zero-order valence-corrected chi connectivity index (χ0v) is 12.1. The molecule has 4 heteroatoms. The third-order valence-corrected chi connectivity index (χ3v) is 3.31. The number of rotatable bonds is 3. The van der Waals surface area contributed by atoms with Gasteiger partial charge in [0.25, 0.3) is 0 Å². The first-order valence-corrected chi connectivity index (χ1v) is 6.55. The lowest BCUT2D eigenvalue weighted by Crippen LogP contribution is -1.99. The normalized spacial score (nSPS) is 12.2. The monoisotopic (exact) mass is 326 g/mol. The van der Waals surface area contributed by atoms with Gasteiger partial charge in [0, 0.05) is 9.50 Å². The number of methoxy groups -OCH3 is 1. The largest absolute Gasteiger partial charge is 0.497 e. The van der Waals surface area contributed by atoms with Crippen LogP contribution in [0.2, 0.25) is 5.02 Å². The van der Waals surface area contributed by atoms with Gasteiger partial charge >= 0.3 is 0 Å². The van der Waals surface area contributed by atoms with Gasteiger partial charge in [-0.05, 0) is 41.5 Å². The Balaban J connectivity index is 2.31. The van der Waals surface area contributed by atoms with E-state index in [2.05, 4.69) is 15.9 Å². The summed E-state index contributed by atoms with van der Waals surface area (Å²) in [5.41, 5.74) is 1.55. The molecule has 1 N–H and O–H groups in total. The van der Waals surface area contributed by atoms with Crippen LogP contribution in [-0.2, 0) is 0 Å². The molecule has 2 aromatic carbocycles. The van der Waals surface area contributed by atoms with Crippen LogP contribution in [0, 0.1) is 0 Å². The van der Waals surface area contributed by atoms with Crippen molar-refractivity contribution in [2.75, 3.05) is 7.11 Å². The van der Waals surface area contributed by atoms with Crippen LogP contribution in [0.1, 0.15) is 17.2 Å². The molecule has 0 fully saturated rings. The number of aliphatic hydroxyl groups is 1. The highest BCUT2D eigenvalue weighted by atomic mass is 79.9. The minimum absolute atomic E-state index is 0.590. The van der Waals surface area contributed by atoms with Crippen molar-refractivity contribution in [3.8, 4) is 5.75 Å². The number of ether oxygens (including phenoxy) is 1. The van der Waals surface area contributed by atoms with Crippen LogP contribution >= 0.6 is 27.5 Å². The maximum atomic E-state index is 10.3. The van der Waals surface area contributed by atoms with E-state index in [1.165, 1.54) is 0 Å². The average molecular weight is 328 g/mol. The van der Waals surface area contributed by atoms with Gasteiger partial charge in [-0.15, -0.1) is 0 Å². The molecule has 0 amide bonds. The Morgan fingerprint density at radius 2 is 1.78 bits per heavy atom. The fraction of sp³-hybridized carbons (Fsp3) is 0.143. The summed E-state index contributed by atoms with van der Waals surface area (Å²) in [7, 11) is 1.61. The van der Waals surface area contributed by atoms with Crippen LogP contribution in [0.3, 0.4) is 0 Å². The van der Waals surface area contributed by atoms with Crippen molar-refractivity contribution in [2.24, 2.45) is 0 Å². The van der Waals surface area contributed by atoms with Crippen LogP contribution in [0.5, 0.6) is 5.75 Å². The second kappa shape index (κ2) is 5.74. The zero-order valence-electron chi connectivity index (χ0n) is 9.73. The van der Waals surface area contributed by atoms with Crippen molar-refractivity contribution < 1.29 is 9.84 Å². The lowest BCUT2D eigenvalue weighted by atomic mass is 10.0. The minimum Gasteiger partial charge on any atom is -0.497 e. The van der Waals surface area contributed by atoms with Gasteiger partial charge in [0.2, 0.25) is 0 Å². The van der Waals surface area contributed by atoms with Crippen molar-refractivity contribution in [3.05, 3.63) is 63.1 Å². The summed E-state index contributed by atoms with van der Waals surface area (Å²) < 4.78 is 5.93. The molecule has 0 radical (unpaired) electrons. The smallest absolute Gasteiger partial charge is 0.118 e. The molecule has 0 saturated heterocycles. The summed E-state index contributed by atoms with van der Waals surface area (Å²) in [5.74, 6) is 0.762. The van der Waals surface area contributed by atoms with Crippen molar-refractivity contribution in [1.29, 1.82) is 0 Å². The molecule has 0 heterocycles. The highest BCUT2D eigenvalue weighted by Crippen LogP contribution is 2.28. The summed E-state index contributed by atoms with van der Waals surface area (Å²) in [5, 5.41) is 10.9. The predicted octanol–water partition coefficient (Wildman–Crippen LogP) is 4.19. The van der Waals surface area contributed by atoms with Gasteiger partial charge in [-0.1, -0.05) is 39.7 Å². The van der Waals surface area contributed by atoms with Crippen molar-refractivity contribution in [3.63, 3.8) is 0 Å². The van der Waals surface area contributed by atoms with Crippen LogP contribution in [0.4, 0.5) is 0 Å². The number of benzene rings is 2. The van der Waals surface area contributed by atoms with Gasteiger partial charge in [0.1, 0.15) is 11.9 Å². The third-order valence-electron chi connectivity index (χ3n) is 2.63. The summed E-state index contributed by atoms with van der Waals surface area (Å²) in [6.45, 7) is 0. The van der Waals surface area contributed by atoms with Crippen LogP contribution in [0.25, 0.3) is 0 Å². The molecule has 2 nitrogen and oxygen atoms in total. The molecule has 94 valence electrons. The Bertz CT molecular complexity index is 520. The second-order valence-corrected chi connectivity index (χ2v) is 5.23. The highest BCUT2D eigenvalue weighted by Gasteiger charge is 2.11. The van der Waals surface area contributed by atoms with Gasteiger partial charge in [0.05, 0.1) is 7.11 Å². The van der Waals surface area contributed by atoms with E-state index in [0.29, 0.717) is 5.02 Å². The molecule has 2 aromatic rings. The predicted molar refractivity (Wildman–Crippen MR) is 76.2 cm³/mol. The van der Waals surface area contributed by atoms with Gasteiger partial charge < -0.3 is 9.84 Å². The van der Waals surface area contributed by atoms with Crippen LogP contribution in [-0.4, -0.2) is 12.2 Å². The first-order valence-electron chi connectivity index (χ1n) is 5.38. The van der Waals surface area contributed by atoms with Gasteiger partial charge in [-0.3, -0.25) is 0 Å². The minimum atomic E-state index is -0.703. The van der Waals surface area contributed by atoms with Crippen LogP contribution in [0.15, 0.2) is 46.9 Å². The lowest BCUT2D eigenvalue weighted by Gasteiger charge is -2.13. The van der Waals surface area contributed by atoms with Gasteiger partial charge in [-0.25, -0.2) is 0 Å². The number of hydrogen-bond acceptors (Lipinski definition) is 2. The molecule has 0 aliphatic carbocycles.